The predicted molar refractivity (Wildman–Crippen MR) is 61.1 cm³/mol. The second-order valence-electron chi connectivity index (χ2n) is 4.00. The highest BCUT2D eigenvalue weighted by atomic mass is 35.5. The molecule has 7 heteroatoms. The molecule has 0 spiro atoms. The molecule has 0 bridgehead atoms. The Hall–Kier alpha value is -1.01. The number of rotatable bonds is 2. The Kier molecular flexibility index (Phi) is 4.21. The molecule has 3 N–H and O–H groups in total. The van der Waals surface area contributed by atoms with Gasteiger partial charge in [-0.1, -0.05) is 0 Å². The maximum Gasteiger partial charge on any atom is 0.417 e. The number of hydrogen-bond donors (Lipinski definition) is 2. The molecule has 3 nitrogen and oxygen atoms in total. The lowest BCUT2D eigenvalue weighted by Crippen LogP contribution is -2.44. The van der Waals surface area contributed by atoms with Crippen LogP contribution in [0.2, 0.25) is 0 Å². The topological polar surface area (TPSA) is 50.9 Å². The minimum Gasteiger partial charge on any atom is -0.367 e. The van der Waals surface area contributed by atoms with E-state index in [9.17, 15) is 13.2 Å². The van der Waals surface area contributed by atoms with Crippen molar-refractivity contribution >= 4 is 18.2 Å². The molecule has 1 saturated carbocycles. The molecule has 0 aromatic carbocycles. The molecule has 0 amide bonds. The third kappa shape index (κ3) is 3.47. The van der Waals surface area contributed by atoms with Crippen LogP contribution in [0.15, 0.2) is 18.3 Å². The number of nitrogens with zero attached hydrogens (tertiary/aromatic N) is 1. The second-order valence-corrected chi connectivity index (χ2v) is 4.00. The molecule has 1 fully saturated rings. The van der Waals surface area contributed by atoms with Crippen molar-refractivity contribution in [1.82, 2.24) is 4.98 Å². The SMILES string of the molecule is Cl.NC1CC(Nc2ccc(C(F)(F)F)cn2)C1. The van der Waals surface area contributed by atoms with Crippen molar-refractivity contribution in [3.05, 3.63) is 23.9 Å². The lowest BCUT2D eigenvalue weighted by atomic mass is 9.88. The normalized spacial score (nSPS) is 23.5. The molecule has 1 aliphatic rings. The summed E-state index contributed by atoms with van der Waals surface area (Å²) in [6.07, 6.45) is -1.82. The van der Waals surface area contributed by atoms with E-state index in [1.807, 2.05) is 0 Å². The lowest BCUT2D eigenvalue weighted by molar-refractivity contribution is -0.137. The van der Waals surface area contributed by atoms with Gasteiger partial charge in [0, 0.05) is 18.3 Å². The largest absolute Gasteiger partial charge is 0.417 e. The van der Waals surface area contributed by atoms with Crippen molar-refractivity contribution in [3.63, 3.8) is 0 Å². The van der Waals surface area contributed by atoms with Gasteiger partial charge in [0.15, 0.2) is 0 Å². The average molecular weight is 268 g/mol. The molecule has 0 radical (unpaired) electrons. The maximum atomic E-state index is 12.2. The van der Waals surface area contributed by atoms with Gasteiger partial charge in [0.25, 0.3) is 0 Å². The molecule has 0 saturated heterocycles. The molecule has 96 valence electrons. The molecular formula is C10H13ClF3N3. The maximum absolute atomic E-state index is 12.2. The Morgan fingerprint density at radius 1 is 1.29 bits per heavy atom. The summed E-state index contributed by atoms with van der Waals surface area (Å²) < 4.78 is 36.7. The molecule has 1 aliphatic carbocycles. The Morgan fingerprint density at radius 2 is 1.94 bits per heavy atom. The van der Waals surface area contributed by atoms with Crippen molar-refractivity contribution in [2.75, 3.05) is 5.32 Å². The van der Waals surface area contributed by atoms with Crippen molar-refractivity contribution < 1.29 is 13.2 Å². The van der Waals surface area contributed by atoms with Gasteiger partial charge in [-0.15, -0.1) is 12.4 Å². The van der Waals surface area contributed by atoms with E-state index in [1.54, 1.807) is 0 Å². The fourth-order valence-corrected chi connectivity index (χ4v) is 1.64. The molecule has 1 aromatic heterocycles. The Labute approximate surface area is 103 Å². The van der Waals surface area contributed by atoms with Crippen LogP contribution in [0.5, 0.6) is 0 Å². The fourth-order valence-electron chi connectivity index (χ4n) is 1.64. The number of alkyl halides is 3. The molecule has 0 aliphatic heterocycles. The molecular weight excluding hydrogens is 255 g/mol. The minimum absolute atomic E-state index is 0. The van der Waals surface area contributed by atoms with Crippen LogP contribution in [0, 0.1) is 0 Å². The zero-order valence-electron chi connectivity index (χ0n) is 8.87. The van der Waals surface area contributed by atoms with Crippen molar-refractivity contribution in [3.8, 4) is 0 Å². The van der Waals surface area contributed by atoms with Gasteiger partial charge >= 0.3 is 6.18 Å². The summed E-state index contributed by atoms with van der Waals surface area (Å²) in [5, 5.41) is 3.03. The number of nitrogens with one attached hydrogen (secondary N) is 1. The van der Waals surface area contributed by atoms with Gasteiger partial charge in [0.05, 0.1) is 5.56 Å². The van der Waals surface area contributed by atoms with Gasteiger partial charge in [-0.25, -0.2) is 4.98 Å². The van der Waals surface area contributed by atoms with Gasteiger partial charge in [-0.3, -0.25) is 0 Å². The first kappa shape index (κ1) is 14.1. The van der Waals surface area contributed by atoms with Gasteiger partial charge < -0.3 is 11.1 Å². The van der Waals surface area contributed by atoms with Crippen LogP contribution in [-0.2, 0) is 6.18 Å². The van der Waals surface area contributed by atoms with Crippen LogP contribution in [0.25, 0.3) is 0 Å². The van der Waals surface area contributed by atoms with Crippen LogP contribution >= 0.6 is 12.4 Å². The molecule has 2 rings (SSSR count). The van der Waals surface area contributed by atoms with E-state index in [0.717, 1.165) is 25.1 Å². The van der Waals surface area contributed by atoms with E-state index in [2.05, 4.69) is 10.3 Å². The fraction of sp³-hybridized carbons (Fsp3) is 0.500. The van der Waals surface area contributed by atoms with Gasteiger partial charge in [-0.2, -0.15) is 13.2 Å². The number of hydrogen-bond acceptors (Lipinski definition) is 3. The zero-order chi connectivity index (χ0) is 11.8. The quantitative estimate of drug-likeness (QED) is 0.865. The van der Waals surface area contributed by atoms with E-state index in [0.29, 0.717) is 5.82 Å². The van der Waals surface area contributed by atoms with Crippen LogP contribution in [0.4, 0.5) is 19.0 Å². The monoisotopic (exact) mass is 267 g/mol. The van der Waals surface area contributed by atoms with E-state index in [4.69, 9.17) is 5.73 Å². The van der Waals surface area contributed by atoms with Gasteiger partial charge in [0.1, 0.15) is 5.82 Å². The van der Waals surface area contributed by atoms with E-state index in [-0.39, 0.29) is 24.5 Å². The van der Waals surface area contributed by atoms with Crippen molar-refractivity contribution in [2.45, 2.75) is 31.1 Å². The first-order chi connectivity index (χ1) is 7.45. The summed E-state index contributed by atoms with van der Waals surface area (Å²) in [6.45, 7) is 0. The smallest absolute Gasteiger partial charge is 0.367 e. The van der Waals surface area contributed by atoms with Crippen LogP contribution in [-0.4, -0.2) is 17.1 Å². The van der Waals surface area contributed by atoms with Crippen molar-refractivity contribution in [1.29, 1.82) is 0 Å². The van der Waals surface area contributed by atoms with E-state index >= 15 is 0 Å². The standard InChI is InChI=1S/C10H12F3N3.ClH/c11-10(12,13)6-1-2-9(15-5-6)16-8-3-7(14)4-8;/h1-2,5,7-8H,3-4,14H2,(H,15,16);1H. The Bertz CT molecular complexity index is 360. The highest BCUT2D eigenvalue weighted by molar-refractivity contribution is 5.85. The highest BCUT2D eigenvalue weighted by Gasteiger charge is 2.31. The summed E-state index contributed by atoms with van der Waals surface area (Å²) in [7, 11) is 0. The van der Waals surface area contributed by atoms with Crippen LogP contribution in [0.3, 0.4) is 0 Å². The number of halogens is 4. The Morgan fingerprint density at radius 3 is 2.35 bits per heavy atom. The summed E-state index contributed by atoms with van der Waals surface area (Å²) in [5.74, 6) is 0.463. The summed E-state index contributed by atoms with van der Waals surface area (Å²) in [5.41, 5.74) is 4.86. The lowest BCUT2D eigenvalue weighted by Gasteiger charge is -2.33. The zero-order valence-corrected chi connectivity index (χ0v) is 9.68. The second kappa shape index (κ2) is 5.10. The molecule has 1 aromatic rings. The first-order valence-electron chi connectivity index (χ1n) is 5.00. The van der Waals surface area contributed by atoms with Crippen LogP contribution < -0.4 is 11.1 Å². The Balaban J connectivity index is 0.00000144. The number of anilines is 1. The average Bonchev–Trinajstić information content (AvgIpc) is 2.15. The number of pyridine rings is 1. The molecule has 17 heavy (non-hydrogen) atoms. The molecule has 0 unspecified atom stereocenters. The summed E-state index contributed by atoms with van der Waals surface area (Å²) in [4.78, 5) is 3.72. The highest BCUT2D eigenvalue weighted by Crippen LogP contribution is 2.29. The predicted octanol–water partition coefficient (Wildman–Crippen LogP) is 2.42. The first-order valence-corrected chi connectivity index (χ1v) is 5.00. The van der Waals surface area contributed by atoms with Gasteiger partial charge in [0.2, 0.25) is 0 Å². The minimum atomic E-state index is -4.33. The molecule has 0 atom stereocenters. The van der Waals surface area contributed by atoms with Crippen molar-refractivity contribution in [2.24, 2.45) is 5.73 Å². The number of aromatic nitrogens is 1. The van der Waals surface area contributed by atoms with E-state index in [1.165, 1.54) is 6.07 Å². The van der Waals surface area contributed by atoms with E-state index < -0.39 is 11.7 Å². The van der Waals surface area contributed by atoms with Gasteiger partial charge in [-0.05, 0) is 25.0 Å². The van der Waals surface area contributed by atoms with Crippen LogP contribution in [0.1, 0.15) is 18.4 Å². The number of nitrogens with two attached hydrogens (primary N) is 1. The third-order valence-electron chi connectivity index (χ3n) is 2.62. The molecule has 1 heterocycles. The summed E-state index contributed by atoms with van der Waals surface area (Å²) >= 11 is 0. The third-order valence-corrected chi connectivity index (χ3v) is 2.62. The summed E-state index contributed by atoms with van der Waals surface area (Å²) in [6, 6.07) is 2.80.